The summed E-state index contributed by atoms with van der Waals surface area (Å²) in [5.41, 5.74) is 0. The van der Waals surface area contributed by atoms with Crippen LogP contribution in [0.1, 0.15) is 45.4 Å². The maximum absolute atomic E-state index is 12.8. The molecule has 6 nitrogen and oxygen atoms in total. The molecule has 150 valence electrons. The Bertz CT molecular complexity index is 888. The highest BCUT2D eigenvalue weighted by Gasteiger charge is 2.41. The number of rotatable bonds is 5. The lowest BCUT2D eigenvalue weighted by Crippen LogP contribution is -2.38. The van der Waals surface area contributed by atoms with Gasteiger partial charge in [0.1, 0.15) is 0 Å². The van der Waals surface area contributed by atoms with Gasteiger partial charge < -0.3 is 0 Å². The Labute approximate surface area is 162 Å². The molecule has 0 unspecified atom stereocenters. The molecule has 1 aromatic carbocycles. The summed E-state index contributed by atoms with van der Waals surface area (Å²) in [5, 5.41) is 0. The molecule has 1 N–H and O–H groups in total. The van der Waals surface area contributed by atoms with Crippen LogP contribution >= 0.6 is 0 Å². The van der Waals surface area contributed by atoms with Crippen LogP contribution in [0.5, 0.6) is 0 Å². The van der Waals surface area contributed by atoms with Gasteiger partial charge in [0.05, 0.1) is 9.79 Å². The second kappa shape index (κ2) is 7.13. The summed E-state index contributed by atoms with van der Waals surface area (Å²) in [7, 11) is -7.18. The highest BCUT2D eigenvalue weighted by atomic mass is 32.2. The van der Waals surface area contributed by atoms with Gasteiger partial charge in [-0.05, 0) is 74.1 Å². The van der Waals surface area contributed by atoms with Crippen LogP contribution in [0.4, 0.5) is 0 Å². The molecule has 3 fully saturated rings. The molecule has 2 aliphatic carbocycles. The van der Waals surface area contributed by atoms with E-state index in [0.717, 1.165) is 32.1 Å². The molecule has 0 spiro atoms. The maximum Gasteiger partial charge on any atom is 0.243 e. The molecule has 3 aliphatic rings. The third-order valence-corrected chi connectivity index (χ3v) is 9.98. The zero-order valence-electron chi connectivity index (χ0n) is 15.7. The number of fused-ring (bicyclic) bond motifs is 2. The predicted octanol–water partition coefficient (Wildman–Crippen LogP) is 2.57. The molecule has 27 heavy (non-hydrogen) atoms. The molecule has 2 bridgehead atoms. The Morgan fingerprint density at radius 2 is 1.52 bits per heavy atom. The van der Waals surface area contributed by atoms with Gasteiger partial charge in [0.25, 0.3) is 0 Å². The lowest BCUT2D eigenvalue weighted by atomic mass is 9.96. The van der Waals surface area contributed by atoms with Gasteiger partial charge in [-0.2, -0.15) is 4.31 Å². The number of piperidine rings is 1. The van der Waals surface area contributed by atoms with Crippen molar-refractivity contribution >= 4 is 20.0 Å². The zero-order valence-corrected chi connectivity index (χ0v) is 17.3. The fraction of sp³-hybridized carbons (Fsp3) is 0.684. The summed E-state index contributed by atoms with van der Waals surface area (Å²) in [6, 6.07) is 5.68. The van der Waals surface area contributed by atoms with Gasteiger partial charge in [-0.25, -0.2) is 21.6 Å². The minimum atomic E-state index is -3.62. The van der Waals surface area contributed by atoms with Crippen molar-refractivity contribution in [3.63, 3.8) is 0 Å². The third kappa shape index (κ3) is 3.81. The van der Waals surface area contributed by atoms with Gasteiger partial charge in [0.2, 0.25) is 20.0 Å². The number of benzene rings is 1. The molecule has 0 radical (unpaired) electrons. The normalized spacial score (nSPS) is 30.0. The molecular weight excluding hydrogens is 384 g/mol. The van der Waals surface area contributed by atoms with Gasteiger partial charge >= 0.3 is 0 Å². The Morgan fingerprint density at radius 1 is 0.889 bits per heavy atom. The summed E-state index contributed by atoms with van der Waals surface area (Å²) in [6.45, 7) is 3.18. The molecule has 1 heterocycles. The van der Waals surface area contributed by atoms with Gasteiger partial charge in [0.15, 0.2) is 0 Å². The number of hydrogen-bond donors (Lipinski definition) is 1. The standard InChI is InChI=1S/C19H28N2O4S2/c1-14-8-10-21(11-9-14)27(24,25)18-6-4-17(5-7-18)26(22,23)20-19-13-15-2-3-16(19)12-15/h4-7,14-16,19-20H,2-3,8-13H2,1H3/t15-,16-,19+/m1/s1. The van der Waals surface area contributed by atoms with E-state index in [4.69, 9.17) is 0 Å². The lowest BCUT2D eigenvalue weighted by Gasteiger charge is -2.29. The summed E-state index contributed by atoms with van der Waals surface area (Å²) >= 11 is 0. The van der Waals surface area contributed by atoms with Crippen LogP contribution in [0.2, 0.25) is 0 Å². The fourth-order valence-electron chi connectivity index (χ4n) is 4.82. The first kappa shape index (κ1) is 19.4. The highest BCUT2D eigenvalue weighted by Crippen LogP contribution is 2.44. The van der Waals surface area contributed by atoms with Gasteiger partial charge in [-0.1, -0.05) is 13.3 Å². The van der Waals surface area contributed by atoms with E-state index in [0.29, 0.717) is 30.8 Å². The highest BCUT2D eigenvalue weighted by molar-refractivity contribution is 7.89. The van der Waals surface area contributed by atoms with E-state index in [1.165, 1.54) is 35.0 Å². The van der Waals surface area contributed by atoms with Crippen molar-refractivity contribution in [3.05, 3.63) is 24.3 Å². The number of sulfonamides is 2. The first-order valence-corrected chi connectivity index (χ1v) is 12.8. The Kier molecular flexibility index (Phi) is 5.12. The molecule has 2 saturated carbocycles. The van der Waals surface area contributed by atoms with E-state index in [1.807, 2.05) is 0 Å². The van der Waals surface area contributed by atoms with Gasteiger partial charge in [0, 0.05) is 19.1 Å². The van der Waals surface area contributed by atoms with Crippen molar-refractivity contribution in [2.45, 2.75) is 61.3 Å². The first-order chi connectivity index (χ1) is 12.8. The van der Waals surface area contributed by atoms with Crippen LogP contribution in [0, 0.1) is 17.8 Å². The molecule has 3 atom stereocenters. The maximum atomic E-state index is 12.8. The molecule has 4 rings (SSSR count). The van der Waals surface area contributed by atoms with E-state index in [2.05, 4.69) is 11.6 Å². The van der Waals surface area contributed by atoms with Gasteiger partial charge in [-0.3, -0.25) is 0 Å². The fourth-order valence-corrected chi connectivity index (χ4v) is 7.61. The second-order valence-electron chi connectivity index (χ2n) is 8.46. The molecule has 1 aliphatic heterocycles. The monoisotopic (exact) mass is 412 g/mol. The van der Waals surface area contributed by atoms with Crippen LogP contribution in [-0.2, 0) is 20.0 Å². The molecular formula is C19H28N2O4S2. The third-order valence-electron chi connectivity index (χ3n) is 6.56. The average molecular weight is 413 g/mol. The minimum Gasteiger partial charge on any atom is -0.208 e. The molecule has 0 amide bonds. The topological polar surface area (TPSA) is 83.6 Å². The van der Waals surface area contributed by atoms with Gasteiger partial charge in [-0.15, -0.1) is 0 Å². The molecule has 1 aromatic rings. The Hall–Kier alpha value is -0.960. The van der Waals surface area contributed by atoms with Crippen LogP contribution in [0.25, 0.3) is 0 Å². The SMILES string of the molecule is CC1CCN(S(=O)(=O)c2ccc(S(=O)(=O)N[C@H]3C[C@@H]4CC[C@@H]3C4)cc2)CC1. The van der Waals surface area contributed by atoms with Crippen LogP contribution in [0.15, 0.2) is 34.1 Å². The second-order valence-corrected chi connectivity index (χ2v) is 12.1. The van der Waals surface area contributed by atoms with Crippen molar-refractivity contribution in [2.75, 3.05) is 13.1 Å². The van der Waals surface area contributed by atoms with Crippen molar-refractivity contribution < 1.29 is 16.8 Å². The van der Waals surface area contributed by atoms with Crippen LogP contribution in [-0.4, -0.2) is 40.3 Å². The average Bonchev–Trinajstić information content (AvgIpc) is 3.25. The summed E-state index contributed by atoms with van der Waals surface area (Å²) in [5.74, 6) is 1.65. The number of nitrogens with zero attached hydrogens (tertiary/aromatic N) is 1. The van der Waals surface area contributed by atoms with Crippen LogP contribution in [0.3, 0.4) is 0 Å². The zero-order chi connectivity index (χ0) is 19.2. The van der Waals surface area contributed by atoms with E-state index in [-0.39, 0.29) is 15.8 Å². The number of nitrogens with one attached hydrogen (secondary N) is 1. The quantitative estimate of drug-likeness (QED) is 0.806. The van der Waals surface area contributed by atoms with E-state index >= 15 is 0 Å². The molecule has 1 saturated heterocycles. The minimum absolute atomic E-state index is 0.0208. The van der Waals surface area contributed by atoms with Crippen LogP contribution < -0.4 is 4.72 Å². The van der Waals surface area contributed by atoms with Crippen molar-refractivity contribution in [1.29, 1.82) is 0 Å². The summed E-state index contributed by atoms with van der Waals surface area (Å²) in [4.78, 5) is 0.299. The van der Waals surface area contributed by atoms with Crippen molar-refractivity contribution in [3.8, 4) is 0 Å². The Balaban J connectivity index is 1.48. The first-order valence-electron chi connectivity index (χ1n) is 9.88. The predicted molar refractivity (Wildman–Crippen MR) is 103 cm³/mol. The smallest absolute Gasteiger partial charge is 0.208 e. The Morgan fingerprint density at radius 3 is 2.07 bits per heavy atom. The largest absolute Gasteiger partial charge is 0.243 e. The molecule has 8 heteroatoms. The van der Waals surface area contributed by atoms with Crippen molar-refractivity contribution in [2.24, 2.45) is 17.8 Å². The lowest BCUT2D eigenvalue weighted by molar-refractivity contribution is 0.288. The van der Waals surface area contributed by atoms with E-state index < -0.39 is 20.0 Å². The van der Waals surface area contributed by atoms with E-state index in [9.17, 15) is 16.8 Å². The summed E-state index contributed by atoms with van der Waals surface area (Å²) < 4.78 is 55.3. The molecule has 0 aromatic heterocycles. The van der Waals surface area contributed by atoms with E-state index in [1.54, 1.807) is 0 Å². The van der Waals surface area contributed by atoms with Crippen molar-refractivity contribution in [1.82, 2.24) is 9.03 Å². The number of hydrogen-bond acceptors (Lipinski definition) is 4. The summed E-state index contributed by atoms with van der Waals surface area (Å²) in [6.07, 6.45) is 6.08.